The van der Waals surface area contributed by atoms with E-state index in [1.165, 1.54) is 0 Å². The topological polar surface area (TPSA) is 89.7 Å². The highest BCUT2D eigenvalue weighted by atomic mass is 32.2. The number of nitrogens with two attached hydrogens (primary N) is 1. The van der Waals surface area contributed by atoms with E-state index in [2.05, 4.69) is 0 Å². The number of carbonyl (C=O) groups is 1. The van der Waals surface area contributed by atoms with Crippen LogP contribution < -0.4 is 5.73 Å². The van der Waals surface area contributed by atoms with Gasteiger partial charge in [-0.1, -0.05) is 0 Å². The molecule has 1 unspecified atom stereocenters. The Labute approximate surface area is 120 Å². The fraction of sp³-hybridized carbons (Fsp3) is 0.923. The van der Waals surface area contributed by atoms with Crippen molar-refractivity contribution in [2.75, 3.05) is 31.8 Å². The Morgan fingerprint density at radius 1 is 1.45 bits per heavy atom. The highest BCUT2D eigenvalue weighted by molar-refractivity contribution is 7.91. The number of carbonyl (C=O) groups excluding carboxylic acids is 1. The summed E-state index contributed by atoms with van der Waals surface area (Å²) in [4.78, 5) is 14.1. The lowest BCUT2D eigenvalue weighted by Gasteiger charge is -2.40. The lowest BCUT2D eigenvalue weighted by molar-refractivity contribution is -0.135. The molecule has 0 aromatic carbocycles. The van der Waals surface area contributed by atoms with Crippen LogP contribution in [0.4, 0.5) is 0 Å². The third-order valence-corrected chi connectivity index (χ3v) is 6.11. The maximum Gasteiger partial charge on any atom is 0.224 e. The molecule has 1 aliphatic carbocycles. The molecule has 1 aliphatic heterocycles. The molecule has 116 valence electrons. The summed E-state index contributed by atoms with van der Waals surface area (Å²) in [5.41, 5.74) is 5.75. The maximum atomic E-state index is 12.5. The van der Waals surface area contributed by atoms with Crippen molar-refractivity contribution in [3.05, 3.63) is 0 Å². The molecule has 20 heavy (non-hydrogen) atoms. The Kier molecular flexibility index (Phi) is 4.71. The molecule has 6 nitrogen and oxygen atoms in total. The van der Waals surface area contributed by atoms with Crippen LogP contribution in [0.15, 0.2) is 0 Å². The molecule has 1 saturated carbocycles. The SMILES string of the molecule is COCCN(C(=O)CC1(N)CCC1)C1CCS(=O)(=O)C1. The van der Waals surface area contributed by atoms with Crippen LogP contribution in [0.1, 0.15) is 32.1 Å². The maximum absolute atomic E-state index is 12.5. The van der Waals surface area contributed by atoms with Gasteiger partial charge in [-0.15, -0.1) is 0 Å². The molecule has 0 bridgehead atoms. The zero-order chi connectivity index (χ0) is 14.8. The molecule has 1 atom stereocenters. The first-order valence-electron chi connectivity index (χ1n) is 7.13. The van der Waals surface area contributed by atoms with Gasteiger partial charge in [0.25, 0.3) is 0 Å². The number of sulfone groups is 1. The molecular weight excluding hydrogens is 280 g/mol. The summed E-state index contributed by atoms with van der Waals surface area (Å²) in [5.74, 6) is 0.203. The molecule has 2 N–H and O–H groups in total. The minimum absolute atomic E-state index is 0.0358. The molecule has 2 aliphatic rings. The molecule has 0 radical (unpaired) electrons. The first-order chi connectivity index (χ1) is 9.35. The summed E-state index contributed by atoms with van der Waals surface area (Å²) < 4.78 is 28.2. The standard InChI is InChI=1S/C13H24N2O4S/c1-19-7-6-15(11-3-8-20(17,18)10-11)12(16)9-13(14)4-2-5-13/h11H,2-10,14H2,1H3. The van der Waals surface area contributed by atoms with E-state index < -0.39 is 9.84 Å². The second kappa shape index (κ2) is 5.99. The number of hydrogen-bond acceptors (Lipinski definition) is 5. The van der Waals surface area contributed by atoms with Crippen LogP contribution in [0.25, 0.3) is 0 Å². The van der Waals surface area contributed by atoms with Gasteiger partial charge in [0.05, 0.1) is 18.1 Å². The number of nitrogens with zero attached hydrogens (tertiary/aromatic N) is 1. The Hall–Kier alpha value is -0.660. The van der Waals surface area contributed by atoms with Crippen molar-refractivity contribution in [3.63, 3.8) is 0 Å². The zero-order valence-corrected chi connectivity index (χ0v) is 12.8. The lowest BCUT2D eigenvalue weighted by atomic mass is 9.75. The number of methoxy groups -OCH3 is 1. The number of hydrogen-bond donors (Lipinski definition) is 1. The third kappa shape index (κ3) is 3.71. The van der Waals surface area contributed by atoms with Crippen molar-refractivity contribution in [1.29, 1.82) is 0 Å². The fourth-order valence-corrected chi connectivity index (χ4v) is 4.66. The molecule has 1 heterocycles. The Balaban J connectivity index is 2.01. The third-order valence-electron chi connectivity index (χ3n) is 4.36. The van der Waals surface area contributed by atoms with Gasteiger partial charge in [-0.25, -0.2) is 8.42 Å². The molecule has 1 amide bonds. The summed E-state index contributed by atoms with van der Waals surface area (Å²) in [6.45, 7) is 0.853. The summed E-state index contributed by atoms with van der Waals surface area (Å²) in [6.07, 6.45) is 3.65. The number of ether oxygens (including phenoxy) is 1. The Morgan fingerprint density at radius 3 is 2.60 bits per heavy atom. The van der Waals surface area contributed by atoms with Gasteiger partial charge in [-0.3, -0.25) is 4.79 Å². The molecule has 0 aromatic rings. The van der Waals surface area contributed by atoms with Crippen LogP contribution >= 0.6 is 0 Å². The average molecular weight is 304 g/mol. The van der Waals surface area contributed by atoms with E-state index in [9.17, 15) is 13.2 Å². The summed E-state index contributed by atoms with van der Waals surface area (Å²) >= 11 is 0. The van der Waals surface area contributed by atoms with Gasteiger partial charge in [0.2, 0.25) is 5.91 Å². The molecule has 2 rings (SSSR count). The van der Waals surface area contributed by atoms with Gasteiger partial charge in [0.1, 0.15) is 0 Å². The van der Waals surface area contributed by atoms with Crippen molar-refractivity contribution >= 4 is 15.7 Å². The molecule has 2 fully saturated rings. The highest BCUT2D eigenvalue weighted by Gasteiger charge is 2.39. The predicted molar refractivity (Wildman–Crippen MR) is 76.0 cm³/mol. The van der Waals surface area contributed by atoms with Gasteiger partial charge in [0.15, 0.2) is 9.84 Å². The van der Waals surface area contributed by atoms with Gasteiger partial charge in [-0.05, 0) is 25.7 Å². The largest absolute Gasteiger partial charge is 0.383 e. The van der Waals surface area contributed by atoms with Crippen molar-refractivity contribution in [2.24, 2.45) is 5.73 Å². The smallest absolute Gasteiger partial charge is 0.224 e. The van der Waals surface area contributed by atoms with E-state index >= 15 is 0 Å². The molecule has 0 spiro atoms. The number of amides is 1. The van der Waals surface area contributed by atoms with E-state index in [1.54, 1.807) is 12.0 Å². The molecule has 1 saturated heterocycles. The predicted octanol–water partition coefficient (Wildman–Crippen LogP) is -0.0800. The minimum Gasteiger partial charge on any atom is -0.383 e. The van der Waals surface area contributed by atoms with Crippen LogP contribution in [0, 0.1) is 0 Å². The van der Waals surface area contributed by atoms with Crippen LogP contribution in [0.5, 0.6) is 0 Å². The lowest BCUT2D eigenvalue weighted by Crippen LogP contribution is -2.52. The van der Waals surface area contributed by atoms with Crippen LogP contribution in [-0.2, 0) is 19.4 Å². The van der Waals surface area contributed by atoms with E-state index in [0.717, 1.165) is 19.3 Å². The fourth-order valence-electron chi connectivity index (χ4n) is 2.93. The quantitative estimate of drug-likeness (QED) is 0.741. The van der Waals surface area contributed by atoms with Gasteiger partial charge >= 0.3 is 0 Å². The molecular formula is C13H24N2O4S. The van der Waals surface area contributed by atoms with Gasteiger partial charge < -0.3 is 15.4 Å². The Bertz CT molecular complexity index is 459. The van der Waals surface area contributed by atoms with Crippen LogP contribution in [0.2, 0.25) is 0 Å². The second-order valence-corrected chi connectivity index (χ2v) is 8.26. The van der Waals surface area contributed by atoms with E-state index in [-0.39, 0.29) is 29.0 Å². The summed E-state index contributed by atoms with van der Waals surface area (Å²) in [5, 5.41) is 0. The van der Waals surface area contributed by atoms with Crippen molar-refractivity contribution in [2.45, 2.75) is 43.7 Å². The summed E-state index contributed by atoms with van der Waals surface area (Å²) in [7, 11) is -1.43. The van der Waals surface area contributed by atoms with Crippen LogP contribution in [0.3, 0.4) is 0 Å². The number of rotatable bonds is 6. The first kappa shape index (κ1) is 15.7. The molecule has 7 heteroatoms. The summed E-state index contributed by atoms with van der Waals surface area (Å²) in [6, 6.07) is -0.216. The second-order valence-electron chi connectivity index (χ2n) is 6.03. The minimum atomic E-state index is -3.00. The molecule has 0 aromatic heterocycles. The van der Waals surface area contributed by atoms with Crippen molar-refractivity contribution in [1.82, 2.24) is 4.90 Å². The normalized spacial score (nSPS) is 27.0. The van der Waals surface area contributed by atoms with Crippen LogP contribution in [-0.4, -0.2) is 62.6 Å². The monoisotopic (exact) mass is 304 g/mol. The van der Waals surface area contributed by atoms with Gasteiger partial charge in [0, 0.05) is 31.7 Å². The van der Waals surface area contributed by atoms with Crippen molar-refractivity contribution in [3.8, 4) is 0 Å². The van der Waals surface area contributed by atoms with Gasteiger partial charge in [-0.2, -0.15) is 0 Å². The van der Waals surface area contributed by atoms with E-state index in [0.29, 0.717) is 26.0 Å². The highest BCUT2D eigenvalue weighted by Crippen LogP contribution is 2.33. The average Bonchev–Trinajstić information content (AvgIpc) is 2.68. The Morgan fingerprint density at radius 2 is 2.15 bits per heavy atom. The van der Waals surface area contributed by atoms with E-state index in [1.807, 2.05) is 0 Å². The zero-order valence-electron chi connectivity index (χ0n) is 12.0. The first-order valence-corrected chi connectivity index (χ1v) is 8.95. The van der Waals surface area contributed by atoms with Crippen molar-refractivity contribution < 1.29 is 17.9 Å². The van der Waals surface area contributed by atoms with E-state index in [4.69, 9.17) is 10.5 Å².